The second-order valence-electron chi connectivity index (χ2n) is 5.71. The smallest absolute Gasteiger partial charge is 0.419 e. The summed E-state index contributed by atoms with van der Waals surface area (Å²) in [6.45, 7) is 7.83. The molecule has 0 bridgehead atoms. The molecule has 0 aromatic carbocycles. The van der Waals surface area contributed by atoms with E-state index in [-0.39, 0.29) is 6.09 Å². The molecule has 0 aromatic rings. The molecule has 4 heteroatoms. The number of carbonyl (C=O) groups excluding carboxylic acids is 1. The van der Waals surface area contributed by atoms with Crippen LogP contribution in [-0.2, 0) is 4.74 Å². The van der Waals surface area contributed by atoms with Crippen molar-refractivity contribution in [3.8, 4) is 0 Å². The first kappa shape index (κ1) is 16.2. The van der Waals surface area contributed by atoms with Gasteiger partial charge in [-0.25, -0.2) is 9.69 Å². The number of unbranched alkanes of at least 4 members (excludes halogenated alkanes) is 1. The zero-order valence-corrected chi connectivity index (χ0v) is 13.4. The minimum Gasteiger partial charge on any atom is -0.443 e. The van der Waals surface area contributed by atoms with Gasteiger partial charge >= 0.3 is 6.09 Å². The Kier molecular flexibility index (Phi) is 5.98. The van der Waals surface area contributed by atoms with Gasteiger partial charge in [0.25, 0.3) is 0 Å². The third-order valence-electron chi connectivity index (χ3n) is 2.77. The number of thioether (sulfide) groups is 1. The number of nitrogens with zero attached hydrogens (tertiary/aromatic N) is 1. The van der Waals surface area contributed by atoms with Gasteiger partial charge < -0.3 is 4.74 Å². The highest BCUT2D eigenvalue weighted by Crippen LogP contribution is 2.29. The van der Waals surface area contributed by atoms with E-state index in [0.717, 1.165) is 11.4 Å². The predicted octanol–water partition coefficient (Wildman–Crippen LogP) is 4.76. The third-order valence-corrected chi connectivity index (χ3v) is 3.52. The maximum Gasteiger partial charge on any atom is 0.419 e. The van der Waals surface area contributed by atoms with Gasteiger partial charge in [-0.3, -0.25) is 0 Å². The Morgan fingerprint density at radius 3 is 2.68 bits per heavy atom. The fraction of sp³-hybridized carbons (Fsp3) is 0.667. The molecule has 0 aliphatic carbocycles. The second-order valence-corrected chi connectivity index (χ2v) is 6.53. The fourth-order valence-electron chi connectivity index (χ4n) is 1.84. The summed E-state index contributed by atoms with van der Waals surface area (Å²) < 4.78 is 5.41. The van der Waals surface area contributed by atoms with E-state index in [1.54, 1.807) is 16.7 Å². The SMILES string of the molecule is CCCCC1C=CN(C(=O)OC(C)(C)C)C(SC)=C1. The number of ether oxygens (including phenoxy) is 1. The molecule has 1 aliphatic heterocycles. The lowest BCUT2D eigenvalue weighted by Crippen LogP contribution is -2.33. The van der Waals surface area contributed by atoms with Gasteiger partial charge in [-0.05, 0) is 45.4 Å². The van der Waals surface area contributed by atoms with Gasteiger partial charge in [0.2, 0.25) is 0 Å². The van der Waals surface area contributed by atoms with Crippen LogP contribution < -0.4 is 0 Å². The van der Waals surface area contributed by atoms with Crippen LogP contribution in [0.3, 0.4) is 0 Å². The van der Waals surface area contributed by atoms with Crippen molar-refractivity contribution in [2.45, 2.75) is 52.6 Å². The molecule has 19 heavy (non-hydrogen) atoms. The lowest BCUT2D eigenvalue weighted by molar-refractivity contribution is 0.0391. The highest BCUT2D eigenvalue weighted by atomic mass is 32.2. The molecule has 0 aromatic heterocycles. The number of hydrogen-bond donors (Lipinski definition) is 0. The first-order valence-corrected chi connectivity index (χ1v) is 8.06. The Morgan fingerprint density at radius 1 is 1.47 bits per heavy atom. The van der Waals surface area contributed by atoms with Crippen LogP contribution in [0.4, 0.5) is 4.79 Å². The Labute approximate surface area is 121 Å². The van der Waals surface area contributed by atoms with Gasteiger partial charge in [-0.15, -0.1) is 11.8 Å². The number of rotatable bonds is 4. The monoisotopic (exact) mass is 283 g/mol. The van der Waals surface area contributed by atoms with Gasteiger partial charge in [-0.1, -0.05) is 25.8 Å². The fourth-order valence-corrected chi connectivity index (χ4v) is 2.48. The van der Waals surface area contributed by atoms with Crippen LogP contribution in [0.2, 0.25) is 0 Å². The summed E-state index contributed by atoms with van der Waals surface area (Å²) in [5.41, 5.74) is -0.465. The summed E-state index contributed by atoms with van der Waals surface area (Å²) in [7, 11) is 0. The molecule has 0 saturated carbocycles. The Balaban J connectivity index is 2.71. The Bertz CT molecular complexity index is 369. The average Bonchev–Trinajstić information content (AvgIpc) is 2.33. The normalized spacial score (nSPS) is 19.3. The first-order chi connectivity index (χ1) is 8.87. The number of carbonyl (C=O) groups is 1. The van der Waals surface area contributed by atoms with E-state index < -0.39 is 5.60 Å². The number of amides is 1. The zero-order valence-electron chi connectivity index (χ0n) is 12.6. The lowest BCUT2D eigenvalue weighted by Gasteiger charge is -2.29. The topological polar surface area (TPSA) is 29.5 Å². The van der Waals surface area contributed by atoms with E-state index in [4.69, 9.17) is 4.74 Å². The molecule has 0 saturated heterocycles. The summed E-state index contributed by atoms with van der Waals surface area (Å²) >= 11 is 1.58. The molecular weight excluding hydrogens is 258 g/mol. The number of allylic oxidation sites excluding steroid dienone is 2. The van der Waals surface area contributed by atoms with Crippen LogP contribution in [-0.4, -0.2) is 22.8 Å². The molecule has 0 N–H and O–H groups in total. The van der Waals surface area contributed by atoms with E-state index >= 15 is 0 Å². The van der Waals surface area contributed by atoms with Gasteiger partial charge in [0.1, 0.15) is 5.60 Å². The van der Waals surface area contributed by atoms with Crippen molar-refractivity contribution in [2.75, 3.05) is 6.26 Å². The summed E-state index contributed by atoms with van der Waals surface area (Å²) in [5.74, 6) is 0.432. The molecule has 0 fully saturated rings. The van der Waals surface area contributed by atoms with E-state index in [1.165, 1.54) is 12.8 Å². The van der Waals surface area contributed by atoms with Crippen molar-refractivity contribution >= 4 is 17.9 Å². The third kappa shape index (κ3) is 5.31. The zero-order chi connectivity index (χ0) is 14.5. The molecule has 0 spiro atoms. The molecule has 1 atom stereocenters. The van der Waals surface area contributed by atoms with E-state index in [1.807, 2.05) is 33.2 Å². The van der Waals surface area contributed by atoms with E-state index in [2.05, 4.69) is 19.1 Å². The second kappa shape index (κ2) is 7.04. The van der Waals surface area contributed by atoms with Crippen LogP contribution in [0.5, 0.6) is 0 Å². The van der Waals surface area contributed by atoms with Crippen molar-refractivity contribution in [3.63, 3.8) is 0 Å². The first-order valence-electron chi connectivity index (χ1n) is 6.83. The highest BCUT2D eigenvalue weighted by molar-refractivity contribution is 8.02. The molecule has 1 amide bonds. The van der Waals surface area contributed by atoms with E-state index in [9.17, 15) is 4.79 Å². The predicted molar refractivity (Wildman–Crippen MR) is 81.8 cm³/mol. The van der Waals surface area contributed by atoms with Crippen molar-refractivity contribution in [3.05, 3.63) is 23.4 Å². The van der Waals surface area contributed by atoms with Crippen LogP contribution in [0.25, 0.3) is 0 Å². The molecule has 1 unspecified atom stereocenters. The van der Waals surface area contributed by atoms with Crippen molar-refractivity contribution < 1.29 is 9.53 Å². The minimum absolute atomic E-state index is 0.307. The Hall–Kier alpha value is -0.900. The maximum atomic E-state index is 12.1. The van der Waals surface area contributed by atoms with E-state index in [0.29, 0.717) is 5.92 Å². The minimum atomic E-state index is -0.465. The van der Waals surface area contributed by atoms with Crippen molar-refractivity contribution in [2.24, 2.45) is 5.92 Å². The van der Waals surface area contributed by atoms with Crippen LogP contribution >= 0.6 is 11.8 Å². The van der Waals surface area contributed by atoms with Gasteiger partial charge in [0, 0.05) is 6.20 Å². The highest BCUT2D eigenvalue weighted by Gasteiger charge is 2.25. The quantitative estimate of drug-likeness (QED) is 0.745. The molecule has 108 valence electrons. The largest absolute Gasteiger partial charge is 0.443 e. The summed E-state index contributed by atoms with van der Waals surface area (Å²) in [6, 6.07) is 0. The van der Waals surface area contributed by atoms with Crippen molar-refractivity contribution in [1.82, 2.24) is 4.90 Å². The van der Waals surface area contributed by atoms with Gasteiger partial charge in [0.15, 0.2) is 0 Å². The molecule has 1 aliphatic rings. The molecule has 1 heterocycles. The standard InChI is InChI=1S/C15H25NO2S/c1-6-7-8-12-9-10-16(13(11-12)19-5)14(17)18-15(2,3)4/h9-12H,6-8H2,1-5H3. The number of hydrogen-bond acceptors (Lipinski definition) is 3. The summed E-state index contributed by atoms with van der Waals surface area (Å²) in [6.07, 6.45) is 11.3. The van der Waals surface area contributed by atoms with Crippen molar-refractivity contribution in [1.29, 1.82) is 0 Å². The molecule has 1 rings (SSSR count). The van der Waals surface area contributed by atoms with Crippen LogP contribution in [0, 0.1) is 5.92 Å². The van der Waals surface area contributed by atoms with Gasteiger partial charge in [0.05, 0.1) is 5.03 Å². The molecule has 3 nitrogen and oxygen atoms in total. The van der Waals surface area contributed by atoms with Gasteiger partial charge in [-0.2, -0.15) is 0 Å². The van der Waals surface area contributed by atoms with Crippen LogP contribution in [0.15, 0.2) is 23.4 Å². The molecular formula is C15H25NO2S. The van der Waals surface area contributed by atoms with Crippen LogP contribution in [0.1, 0.15) is 47.0 Å². The Morgan fingerprint density at radius 2 is 2.16 bits per heavy atom. The summed E-state index contributed by atoms with van der Waals surface area (Å²) in [4.78, 5) is 13.7. The average molecular weight is 283 g/mol. The molecule has 0 radical (unpaired) electrons. The maximum absolute atomic E-state index is 12.1. The summed E-state index contributed by atoms with van der Waals surface area (Å²) in [5, 5.41) is 0.956. The lowest BCUT2D eigenvalue weighted by atomic mass is 10.0.